The van der Waals surface area contributed by atoms with Crippen LogP contribution in [0, 0.1) is 13.8 Å². The zero-order valence-electron chi connectivity index (χ0n) is 14.1. The van der Waals surface area contributed by atoms with Gasteiger partial charge in [0.25, 0.3) is 11.7 Å². The van der Waals surface area contributed by atoms with E-state index in [9.17, 15) is 4.79 Å². The molecule has 0 radical (unpaired) electrons. The molecule has 0 aromatic carbocycles. The fourth-order valence-corrected chi connectivity index (χ4v) is 2.60. The van der Waals surface area contributed by atoms with Crippen LogP contribution in [0.15, 0.2) is 24.7 Å². The van der Waals surface area contributed by atoms with E-state index in [0.29, 0.717) is 12.2 Å². The summed E-state index contributed by atoms with van der Waals surface area (Å²) in [6.07, 6.45) is 5.59. The fourth-order valence-electron chi connectivity index (χ4n) is 2.60. The van der Waals surface area contributed by atoms with E-state index in [2.05, 4.69) is 25.1 Å². The predicted octanol–water partition coefficient (Wildman–Crippen LogP) is 1.23. The molecule has 0 unspecified atom stereocenters. The number of nitrogens with zero attached hydrogens (tertiary/aromatic N) is 7. The Hall–Kier alpha value is -2.90. The molecule has 0 spiro atoms. The first kappa shape index (κ1) is 16.0. The van der Waals surface area contributed by atoms with Crippen molar-refractivity contribution in [2.45, 2.75) is 33.2 Å². The second kappa shape index (κ2) is 6.31. The van der Waals surface area contributed by atoms with Gasteiger partial charge in [-0.25, -0.2) is 4.98 Å². The molecule has 24 heavy (non-hydrogen) atoms. The number of carbonyl (C=O) groups is 1. The summed E-state index contributed by atoms with van der Waals surface area (Å²) in [7, 11) is 1.75. The minimum atomic E-state index is -0.201. The highest BCUT2D eigenvalue weighted by molar-refractivity contribution is 5.91. The molecule has 0 bridgehead atoms. The van der Waals surface area contributed by atoms with Crippen LogP contribution in [0.1, 0.15) is 34.6 Å². The average Bonchev–Trinajstić information content (AvgIpc) is 2.98. The summed E-state index contributed by atoms with van der Waals surface area (Å²) in [5.74, 6) is 0.502. The van der Waals surface area contributed by atoms with Gasteiger partial charge in [0.1, 0.15) is 0 Å². The number of amides is 1. The quantitative estimate of drug-likeness (QED) is 0.717. The lowest BCUT2D eigenvalue weighted by atomic mass is 10.1. The van der Waals surface area contributed by atoms with Gasteiger partial charge < -0.3 is 4.90 Å². The average molecular weight is 325 g/mol. The van der Waals surface area contributed by atoms with Crippen molar-refractivity contribution in [3.05, 3.63) is 47.6 Å². The first-order valence-corrected chi connectivity index (χ1v) is 7.69. The predicted molar refractivity (Wildman–Crippen MR) is 87.5 cm³/mol. The largest absolute Gasteiger partial charge is 0.336 e. The standard InChI is InChI=1S/C16H19N7O/c1-10-7-12(3)23-14(20-21-16(23)19-10)15(24)22(4)11(2)8-13-9-17-5-6-18-13/h5-7,9,11H,8H2,1-4H3/t11-/m0/s1. The van der Waals surface area contributed by atoms with Gasteiger partial charge in [-0.2, -0.15) is 0 Å². The normalized spacial score (nSPS) is 12.3. The molecule has 8 heteroatoms. The van der Waals surface area contributed by atoms with Crippen LogP contribution in [0.4, 0.5) is 0 Å². The maximum atomic E-state index is 12.8. The Morgan fingerprint density at radius 2 is 2.08 bits per heavy atom. The van der Waals surface area contributed by atoms with Crippen LogP contribution in [-0.2, 0) is 6.42 Å². The Labute approximate surface area is 139 Å². The van der Waals surface area contributed by atoms with E-state index < -0.39 is 0 Å². The van der Waals surface area contributed by atoms with Crippen molar-refractivity contribution in [2.24, 2.45) is 0 Å². The van der Waals surface area contributed by atoms with Crippen molar-refractivity contribution in [3.63, 3.8) is 0 Å². The van der Waals surface area contributed by atoms with Crippen molar-refractivity contribution in [3.8, 4) is 0 Å². The first-order chi connectivity index (χ1) is 11.5. The number of fused-ring (bicyclic) bond motifs is 1. The fraction of sp³-hybridized carbons (Fsp3) is 0.375. The van der Waals surface area contributed by atoms with Gasteiger partial charge in [0, 0.05) is 49.5 Å². The van der Waals surface area contributed by atoms with Crippen LogP contribution in [0.2, 0.25) is 0 Å². The number of aryl methyl sites for hydroxylation is 2. The number of carbonyl (C=O) groups excluding carboxylic acids is 1. The Bertz CT molecular complexity index is 875. The van der Waals surface area contributed by atoms with E-state index in [0.717, 1.165) is 17.1 Å². The highest BCUT2D eigenvalue weighted by Gasteiger charge is 2.24. The van der Waals surface area contributed by atoms with Crippen LogP contribution in [0.25, 0.3) is 5.78 Å². The third kappa shape index (κ3) is 2.94. The number of hydrogen-bond donors (Lipinski definition) is 0. The van der Waals surface area contributed by atoms with Crippen LogP contribution >= 0.6 is 0 Å². The number of hydrogen-bond acceptors (Lipinski definition) is 6. The van der Waals surface area contributed by atoms with E-state index in [1.54, 1.807) is 34.9 Å². The molecule has 8 nitrogen and oxygen atoms in total. The van der Waals surface area contributed by atoms with Crippen molar-refractivity contribution < 1.29 is 4.79 Å². The highest BCUT2D eigenvalue weighted by Crippen LogP contribution is 2.12. The SMILES string of the molecule is Cc1cc(C)n2c(C(=O)N(C)[C@@H](C)Cc3cnccn3)nnc2n1. The second-order valence-electron chi connectivity index (χ2n) is 5.86. The molecule has 0 aliphatic carbocycles. The Balaban J connectivity index is 1.86. The molecule has 0 N–H and O–H groups in total. The molecule has 0 saturated carbocycles. The molecular weight excluding hydrogens is 306 g/mol. The van der Waals surface area contributed by atoms with E-state index >= 15 is 0 Å². The van der Waals surface area contributed by atoms with Crippen molar-refractivity contribution in [1.29, 1.82) is 0 Å². The molecule has 3 aromatic rings. The third-order valence-corrected chi connectivity index (χ3v) is 3.99. The number of rotatable bonds is 4. The van der Waals surface area contributed by atoms with Crippen LogP contribution in [0.5, 0.6) is 0 Å². The van der Waals surface area contributed by atoms with E-state index in [1.165, 1.54) is 0 Å². The van der Waals surface area contributed by atoms with E-state index in [4.69, 9.17) is 0 Å². The van der Waals surface area contributed by atoms with Gasteiger partial charge in [0.05, 0.1) is 5.69 Å². The molecule has 0 saturated heterocycles. The summed E-state index contributed by atoms with van der Waals surface area (Å²) >= 11 is 0. The summed E-state index contributed by atoms with van der Waals surface area (Å²) in [6.45, 7) is 5.76. The van der Waals surface area contributed by atoms with Crippen molar-refractivity contribution in [2.75, 3.05) is 7.05 Å². The van der Waals surface area contributed by atoms with Crippen molar-refractivity contribution in [1.82, 2.24) is 34.4 Å². The summed E-state index contributed by atoms with van der Waals surface area (Å²) < 4.78 is 1.68. The lowest BCUT2D eigenvalue weighted by molar-refractivity contribution is 0.0728. The minimum absolute atomic E-state index is 0.0553. The van der Waals surface area contributed by atoms with E-state index in [-0.39, 0.29) is 17.8 Å². The summed E-state index contributed by atoms with van der Waals surface area (Å²) in [4.78, 5) is 27.1. The van der Waals surface area contributed by atoms with Gasteiger partial charge in [-0.15, -0.1) is 10.2 Å². The number of aromatic nitrogens is 6. The van der Waals surface area contributed by atoms with E-state index in [1.807, 2.05) is 26.8 Å². The Morgan fingerprint density at radius 1 is 1.29 bits per heavy atom. The van der Waals surface area contributed by atoms with Crippen LogP contribution in [0.3, 0.4) is 0 Å². The molecule has 1 atom stereocenters. The second-order valence-corrected chi connectivity index (χ2v) is 5.86. The first-order valence-electron chi connectivity index (χ1n) is 7.69. The molecule has 3 aromatic heterocycles. The minimum Gasteiger partial charge on any atom is -0.336 e. The molecule has 0 aliphatic heterocycles. The zero-order valence-corrected chi connectivity index (χ0v) is 14.1. The zero-order chi connectivity index (χ0) is 17.3. The molecule has 0 aliphatic rings. The lowest BCUT2D eigenvalue weighted by Gasteiger charge is -2.24. The molecule has 124 valence electrons. The smallest absolute Gasteiger partial charge is 0.292 e. The number of likely N-dealkylation sites (N-methyl/N-ethyl adjacent to an activating group) is 1. The summed E-state index contributed by atoms with van der Waals surface area (Å²) in [5.41, 5.74) is 2.56. The topological polar surface area (TPSA) is 89.2 Å². The lowest BCUT2D eigenvalue weighted by Crippen LogP contribution is -2.37. The van der Waals surface area contributed by atoms with Gasteiger partial charge in [-0.1, -0.05) is 0 Å². The van der Waals surface area contributed by atoms with Gasteiger partial charge in [0.2, 0.25) is 5.82 Å². The maximum absolute atomic E-state index is 12.8. The van der Waals surface area contributed by atoms with Gasteiger partial charge in [0.15, 0.2) is 0 Å². The molecule has 3 heterocycles. The van der Waals surface area contributed by atoms with Gasteiger partial charge >= 0.3 is 0 Å². The Kier molecular flexibility index (Phi) is 4.20. The van der Waals surface area contributed by atoms with Crippen LogP contribution < -0.4 is 0 Å². The summed E-state index contributed by atoms with van der Waals surface area (Å²) in [6, 6.07) is 1.84. The van der Waals surface area contributed by atoms with Crippen LogP contribution in [-0.4, -0.2) is 53.4 Å². The van der Waals surface area contributed by atoms with Crippen molar-refractivity contribution >= 4 is 11.7 Å². The highest BCUT2D eigenvalue weighted by atomic mass is 16.2. The van der Waals surface area contributed by atoms with Gasteiger partial charge in [-0.3, -0.25) is 19.2 Å². The monoisotopic (exact) mass is 325 g/mol. The van der Waals surface area contributed by atoms with Gasteiger partial charge in [-0.05, 0) is 26.8 Å². The molecule has 3 rings (SSSR count). The summed E-state index contributed by atoms with van der Waals surface area (Å²) in [5, 5.41) is 8.06. The molecular formula is C16H19N7O. The molecule has 0 fully saturated rings. The third-order valence-electron chi connectivity index (χ3n) is 3.99. The maximum Gasteiger partial charge on any atom is 0.292 e. The molecule has 1 amide bonds. The Morgan fingerprint density at radius 3 is 2.79 bits per heavy atom.